The lowest BCUT2D eigenvalue weighted by Crippen LogP contribution is -2.49. The summed E-state index contributed by atoms with van der Waals surface area (Å²) in [6, 6.07) is 9.95. The van der Waals surface area contributed by atoms with Crippen molar-refractivity contribution in [1.82, 2.24) is 19.7 Å². The van der Waals surface area contributed by atoms with Crippen LogP contribution in [0.15, 0.2) is 36.5 Å². The van der Waals surface area contributed by atoms with Crippen LogP contribution in [0.4, 0.5) is 5.69 Å². The third-order valence-corrected chi connectivity index (χ3v) is 5.54. The molecule has 0 unspecified atom stereocenters. The molecule has 0 N–H and O–H groups in total. The molecule has 4 rings (SSSR count). The smallest absolute Gasteiger partial charge is 0.244 e. The van der Waals surface area contributed by atoms with Crippen molar-refractivity contribution < 1.29 is 4.79 Å². The highest BCUT2D eigenvalue weighted by Crippen LogP contribution is 2.23. The fraction of sp³-hybridized carbons (Fsp3) is 0.350. The van der Waals surface area contributed by atoms with Gasteiger partial charge in [0, 0.05) is 48.5 Å². The van der Waals surface area contributed by atoms with Crippen molar-refractivity contribution in [3.8, 4) is 0 Å². The van der Waals surface area contributed by atoms with E-state index in [0.29, 0.717) is 13.1 Å². The largest absolute Gasteiger partial charge is 0.368 e. The quantitative estimate of drug-likeness (QED) is 0.697. The van der Waals surface area contributed by atoms with Crippen molar-refractivity contribution in [1.29, 1.82) is 0 Å². The van der Waals surface area contributed by atoms with Gasteiger partial charge in [-0.1, -0.05) is 11.6 Å². The lowest BCUT2D eigenvalue weighted by atomic mass is 10.2. The van der Waals surface area contributed by atoms with Gasteiger partial charge in [0.15, 0.2) is 5.65 Å². The summed E-state index contributed by atoms with van der Waals surface area (Å²) in [7, 11) is 0. The van der Waals surface area contributed by atoms with Crippen LogP contribution in [0.5, 0.6) is 0 Å². The molecule has 27 heavy (non-hydrogen) atoms. The second kappa shape index (κ2) is 7.19. The maximum absolute atomic E-state index is 12.8. The molecule has 7 heteroatoms. The van der Waals surface area contributed by atoms with Gasteiger partial charge in [-0.15, -0.1) is 0 Å². The second-order valence-corrected chi connectivity index (χ2v) is 7.33. The van der Waals surface area contributed by atoms with E-state index in [1.165, 1.54) is 0 Å². The highest BCUT2D eigenvalue weighted by atomic mass is 35.5. The zero-order chi connectivity index (χ0) is 19.0. The summed E-state index contributed by atoms with van der Waals surface area (Å²) in [5.41, 5.74) is 3.88. The van der Waals surface area contributed by atoms with Gasteiger partial charge in [0.05, 0.1) is 5.69 Å². The number of anilines is 1. The third-order valence-electron chi connectivity index (χ3n) is 5.12. The van der Waals surface area contributed by atoms with E-state index in [1.54, 1.807) is 10.9 Å². The SMILES string of the molecule is Cc1cc(N2CCN(C(=O)Cn3nc(C)c4cccnc43)CC2)ccc1Cl. The Hall–Kier alpha value is -2.60. The fourth-order valence-corrected chi connectivity index (χ4v) is 3.66. The number of aromatic nitrogens is 3. The Morgan fingerprint density at radius 2 is 1.93 bits per heavy atom. The van der Waals surface area contributed by atoms with Crippen LogP contribution in [0.3, 0.4) is 0 Å². The van der Waals surface area contributed by atoms with Gasteiger partial charge in [0.1, 0.15) is 6.54 Å². The summed E-state index contributed by atoms with van der Waals surface area (Å²) in [4.78, 5) is 21.3. The van der Waals surface area contributed by atoms with Gasteiger partial charge in [-0.3, -0.25) is 4.79 Å². The van der Waals surface area contributed by atoms with Crippen LogP contribution in [0, 0.1) is 13.8 Å². The van der Waals surface area contributed by atoms with E-state index in [2.05, 4.69) is 21.0 Å². The predicted molar refractivity (Wildman–Crippen MR) is 107 cm³/mol. The Morgan fingerprint density at radius 3 is 2.67 bits per heavy atom. The van der Waals surface area contributed by atoms with E-state index in [-0.39, 0.29) is 12.5 Å². The lowest BCUT2D eigenvalue weighted by molar-refractivity contribution is -0.132. The number of halogens is 1. The van der Waals surface area contributed by atoms with Crippen molar-refractivity contribution >= 4 is 34.2 Å². The van der Waals surface area contributed by atoms with Gasteiger partial charge >= 0.3 is 0 Å². The Labute approximate surface area is 163 Å². The molecule has 1 amide bonds. The number of hydrogen-bond acceptors (Lipinski definition) is 4. The summed E-state index contributed by atoms with van der Waals surface area (Å²) in [5.74, 6) is 0.0805. The lowest BCUT2D eigenvalue weighted by Gasteiger charge is -2.36. The molecule has 1 fully saturated rings. The zero-order valence-electron chi connectivity index (χ0n) is 15.5. The maximum atomic E-state index is 12.8. The van der Waals surface area contributed by atoms with Crippen LogP contribution < -0.4 is 4.90 Å². The topological polar surface area (TPSA) is 54.3 Å². The van der Waals surface area contributed by atoms with Crippen molar-refractivity contribution in [3.05, 3.63) is 52.8 Å². The maximum Gasteiger partial charge on any atom is 0.244 e. The number of benzene rings is 1. The monoisotopic (exact) mass is 383 g/mol. The minimum absolute atomic E-state index is 0.0805. The molecule has 0 atom stereocenters. The highest BCUT2D eigenvalue weighted by Gasteiger charge is 2.23. The average molecular weight is 384 g/mol. The average Bonchev–Trinajstić information content (AvgIpc) is 3.00. The van der Waals surface area contributed by atoms with E-state index in [9.17, 15) is 4.79 Å². The van der Waals surface area contributed by atoms with Crippen LogP contribution in [0.1, 0.15) is 11.3 Å². The van der Waals surface area contributed by atoms with Gasteiger partial charge in [0.25, 0.3) is 0 Å². The fourth-order valence-electron chi connectivity index (χ4n) is 3.55. The number of carbonyl (C=O) groups is 1. The van der Waals surface area contributed by atoms with Gasteiger partial charge in [-0.2, -0.15) is 5.10 Å². The first kappa shape index (κ1) is 17.8. The van der Waals surface area contributed by atoms with Crippen LogP contribution in [0.25, 0.3) is 11.0 Å². The third kappa shape index (κ3) is 3.49. The zero-order valence-corrected chi connectivity index (χ0v) is 16.3. The number of piperazine rings is 1. The first-order chi connectivity index (χ1) is 13.0. The van der Waals surface area contributed by atoms with Gasteiger partial charge in [0.2, 0.25) is 5.91 Å². The number of hydrogen-bond donors (Lipinski definition) is 0. The Balaban J connectivity index is 1.42. The molecular formula is C20H22ClN5O. The predicted octanol–water partition coefficient (Wildman–Crippen LogP) is 3.05. The molecule has 1 saturated heterocycles. The molecule has 0 radical (unpaired) electrons. The first-order valence-corrected chi connectivity index (χ1v) is 9.48. The molecule has 3 aromatic rings. The highest BCUT2D eigenvalue weighted by molar-refractivity contribution is 6.31. The molecule has 1 aromatic carbocycles. The standard InChI is InChI=1S/C20H22ClN5O/c1-14-12-16(5-6-18(14)21)24-8-10-25(11-9-24)19(27)13-26-20-17(15(2)23-26)4-3-7-22-20/h3-7,12H,8-11,13H2,1-2H3. The Kier molecular flexibility index (Phi) is 4.74. The number of carbonyl (C=O) groups excluding carboxylic acids is 1. The summed E-state index contributed by atoms with van der Waals surface area (Å²) in [6.45, 7) is 7.20. The van der Waals surface area contributed by atoms with Crippen LogP contribution in [-0.2, 0) is 11.3 Å². The normalized spacial score (nSPS) is 14.8. The van der Waals surface area contributed by atoms with Crippen LogP contribution in [-0.4, -0.2) is 51.8 Å². The number of aryl methyl sites for hydroxylation is 2. The van der Waals surface area contributed by atoms with Crippen molar-refractivity contribution in [2.45, 2.75) is 20.4 Å². The number of nitrogens with zero attached hydrogens (tertiary/aromatic N) is 5. The molecule has 1 aliphatic rings. The minimum atomic E-state index is 0.0805. The second-order valence-electron chi connectivity index (χ2n) is 6.92. The van der Waals surface area contributed by atoms with Crippen LogP contribution >= 0.6 is 11.6 Å². The van der Waals surface area contributed by atoms with Gasteiger partial charge in [-0.25, -0.2) is 9.67 Å². The summed E-state index contributed by atoms with van der Waals surface area (Å²) >= 11 is 6.12. The summed E-state index contributed by atoms with van der Waals surface area (Å²) in [5, 5.41) is 6.26. The summed E-state index contributed by atoms with van der Waals surface area (Å²) < 4.78 is 1.71. The molecule has 0 saturated carbocycles. The molecule has 0 aliphatic carbocycles. The van der Waals surface area contributed by atoms with Crippen molar-refractivity contribution in [3.63, 3.8) is 0 Å². The first-order valence-electron chi connectivity index (χ1n) is 9.10. The molecular weight excluding hydrogens is 362 g/mol. The molecule has 140 valence electrons. The molecule has 1 aliphatic heterocycles. The van der Waals surface area contributed by atoms with Crippen molar-refractivity contribution in [2.24, 2.45) is 0 Å². The van der Waals surface area contributed by atoms with E-state index in [4.69, 9.17) is 11.6 Å². The minimum Gasteiger partial charge on any atom is -0.368 e. The Bertz CT molecular complexity index is 991. The van der Waals surface area contributed by atoms with Gasteiger partial charge < -0.3 is 9.80 Å². The Morgan fingerprint density at radius 1 is 1.15 bits per heavy atom. The molecule has 2 aromatic heterocycles. The summed E-state index contributed by atoms with van der Waals surface area (Å²) in [6.07, 6.45) is 1.73. The van der Waals surface area contributed by atoms with Gasteiger partial charge in [-0.05, 0) is 49.7 Å². The number of pyridine rings is 1. The number of rotatable bonds is 3. The molecule has 0 bridgehead atoms. The van der Waals surface area contributed by atoms with Crippen LogP contribution in [0.2, 0.25) is 5.02 Å². The molecule has 6 nitrogen and oxygen atoms in total. The van der Waals surface area contributed by atoms with E-state index in [0.717, 1.165) is 46.1 Å². The van der Waals surface area contributed by atoms with E-state index < -0.39 is 0 Å². The molecule has 0 spiro atoms. The van der Waals surface area contributed by atoms with Crippen molar-refractivity contribution in [2.75, 3.05) is 31.1 Å². The van der Waals surface area contributed by atoms with E-state index in [1.807, 2.05) is 43.0 Å². The molecule has 3 heterocycles. The number of fused-ring (bicyclic) bond motifs is 1. The van der Waals surface area contributed by atoms with E-state index >= 15 is 0 Å². The number of amides is 1.